The third kappa shape index (κ3) is 4.40. The number of nitrogens with zero attached hydrogens (tertiary/aromatic N) is 2. The number of oxazole rings is 1. The zero-order valence-electron chi connectivity index (χ0n) is 15.3. The molecule has 7 heteroatoms. The van der Waals surface area contributed by atoms with Crippen LogP contribution in [0.3, 0.4) is 0 Å². The maximum absolute atomic E-state index is 12.3. The summed E-state index contributed by atoms with van der Waals surface area (Å²) in [6, 6.07) is 14.7. The Morgan fingerprint density at radius 1 is 1.19 bits per heavy atom. The molecular formula is C20H22ClN3O3. The minimum atomic E-state index is -0.453. The van der Waals surface area contributed by atoms with Gasteiger partial charge in [0.25, 0.3) is 0 Å². The SMILES string of the molecule is CN(C)C(CNC(=O)CCn1c(=O)oc2ccccc21)c1ccccc1Cl. The molecule has 2 aromatic carbocycles. The lowest BCUT2D eigenvalue weighted by molar-refractivity contribution is -0.121. The van der Waals surface area contributed by atoms with E-state index >= 15 is 0 Å². The van der Waals surface area contributed by atoms with Crippen LogP contribution in [0.15, 0.2) is 57.7 Å². The number of carbonyl (C=O) groups is 1. The van der Waals surface area contributed by atoms with Gasteiger partial charge in [-0.2, -0.15) is 0 Å². The van der Waals surface area contributed by atoms with E-state index in [4.69, 9.17) is 16.0 Å². The van der Waals surface area contributed by atoms with Crippen LogP contribution < -0.4 is 11.1 Å². The summed E-state index contributed by atoms with van der Waals surface area (Å²) in [6.07, 6.45) is 0.187. The number of hydrogen-bond donors (Lipinski definition) is 1. The lowest BCUT2D eigenvalue weighted by atomic mass is 10.1. The molecule has 3 aromatic rings. The minimum Gasteiger partial charge on any atom is -0.408 e. The van der Waals surface area contributed by atoms with E-state index in [1.54, 1.807) is 18.2 Å². The first-order valence-corrected chi connectivity index (χ1v) is 9.11. The van der Waals surface area contributed by atoms with E-state index in [0.717, 1.165) is 5.56 Å². The number of likely N-dealkylation sites (N-methyl/N-ethyl adjacent to an activating group) is 1. The Hall–Kier alpha value is -2.57. The summed E-state index contributed by atoms with van der Waals surface area (Å²) in [5.74, 6) is -0.586. The van der Waals surface area contributed by atoms with Gasteiger partial charge in [-0.1, -0.05) is 41.9 Å². The van der Waals surface area contributed by atoms with Crippen molar-refractivity contribution in [3.8, 4) is 0 Å². The standard InChI is InChI=1S/C20H22ClN3O3/c1-23(2)17(14-7-3-4-8-15(14)21)13-22-19(25)11-12-24-16-9-5-6-10-18(16)27-20(24)26/h3-10,17H,11-13H2,1-2H3,(H,22,25). The molecule has 0 aliphatic heterocycles. The Bertz CT molecular complexity index is 993. The lowest BCUT2D eigenvalue weighted by Gasteiger charge is -2.26. The third-order valence-corrected chi connectivity index (χ3v) is 4.86. The maximum Gasteiger partial charge on any atom is 0.419 e. The molecule has 1 N–H and O–H groups in total. The van der Waals surface area contributed by atoms with Crippen LogP contribution in [0.2, 0.25) is 5.02 Å². The van der Waals surface area contributed by atoms with Crippen molar-refractivity contribution in [1.82, 2.24) is 14.8 Å². The Morgan fingerprint density at radius 2 is 1.89 bits per heavy atom. The Kier molecular flexibility index (Phi) is 5.98. The molecular weight excluding hydrogens is 366 g/mol. The second-order valence-electron chi connectivity index (χ2n) is 6.54. The van der Waals surface area contributed by atoms with Crippen molar-refractivity contribution in [2.45, 2.75) is 19.0 Å². The molecule has 1 aromatic heterocycles. The van der Waals surface area contributed by atoms with Crippen LogP contribution in [-0.2, 0) is 11.3 Å². The number of hydrogen-bond acceptors (Lipinski definition) is 4. The average Bonchev–Trinajstić information content (AvgIpc) is 2.96. The smallest absolute Gasteiger partial charge is 0.408 e. The molecule has 0 bridgehead atoms. The minimum absolute atomic E-state index is 0.0415. The molecule has 0 radical (unpaired) electrons. The normalized spacial score (nSPS) is 12.4. The monoisotopic (exact) mass is 387 g/mol. The molecule has 1 unspecified atom stereocenters. The summed E-state index contributed by atoms with van der Waals surface area (Å²) < 4.78 is 6.66. The highest BCUT2D eigenvalue weighted by Gasteiger charge is 2.18. The molecule has 1 atom stereocenters. The first kappa shape index (κ1) is 19.2. The van der Waals surface area contributed by atoms with Crippen LogP contribution >= 0.6 is 11.6 Å². The van der Waals surface area contributed by atoms with Crippen LogP contribution in [0.4, 0.5) is 0 Å². The second-order valence-corrected chi connectivity index (χ2v) is 6.95. The van der Waals surface area contributed by atoms with Crippen LogP contribution in [0.1, 0.15) is 18.0 Å². The van der Waals surface area contributed by atoms with Crippen molar-refractivity contribution in [1.29, 1.82) is 0 Å². The molecule has 6 nitrogen and oxygen atoms in total. The van der Waals surface area contributed by atoms with Crippen LogP contribution in [0.25, 0.3) is 11.1 Å². The molecule has 142 valence electrons. The second kappa shape index (κ2) is 8.41. The molecule has 1 amide bonds. The van der Waals surface area contributed by atoms with Crippen LogP contribution in [-0.4, -0.2) is 36.0 Å². The van der Waals surface area contributed by atoms with Gasteiger partial charge in [0, 0.05) is 24.5 Å². The van der Waals surface area contributed by atoms with E-state index in [1.807, 2.05) is 49.3 Å². The Balaban J connectivity index is 1.62. The molecule has 1 heterocycles. The number of benzene rings is 2. The van der Waals surface area contributed by atoms with E-state index in [-0.39, 0.29) is 24.9 Å². The van der Waals surface area contributed by atoms with E-state index < -0.39 is 5.76 Å². The first-order valence-electron chi connectivity index (χ1n) is 8.73. The molecule has 0 spiro atoms. The lowest BCUT2D eigenvalue weighted by Crippen LogP contribution is -2.35. The third-order valence-electron chi connectivity index (χ3n) is 4.52. The maximum atomic E-state index is 12.3. The summed E-state index contributed by atoms with van der Waals surface area (Å²) in [6.45, 7) is 0.691. The van der Waals surface area contributed by atoms with Gasteiger partial charge >= 0.3 is 5.76 Å². The summed E-state index contributed by atoms with van der Waals surface area (Å²) in [7, 11) is 3.88. The summed E-state index contributed by atoms with van der Waals surface area (Å²) in [5, 5.41) is 3.60. The topological polar surface area (TPSA) is 67.5 Å². The van der Waals surface area contributed by atoms with Crippen molar-refractivity contribution in [3.63, 3.8) is 0 Å². The molecule has 0 aliphatic rings. The summed E-state index contributed by atoms with van der Waals surface area (Å²) in [5.41, 5.74) is 2.17. The number of fused-ring (bicyclic) bond motifs is 1. The van der Waals surface area contributed by atoms with Gasteiger partial charge in [0.1, 0.15) is 0 Å². The molecule has 0 saturated carbocycles. The first-order chi connectivity index (χ1) is 13.0. The number of aromatic nitrogens is 1. The van der Waals surface area contributed by atoms with E-state index in [1.165, 1.54) is 4.57 Å². The van der Waals surface area contributed by atoms with Crippen LogP contribution in [0, 0.1) is 0 Å². The number of rotatable bonds is 7. The number of nitrogens with one attached hydrogen (secondary N) is 1. The van der Waals surface area contributed by atoms with E-state index in [0.29, 0.717) is 22.7 Å². The average molecular weight is 388 g/mol. The highest BCUT2D eigenvalue weighted by Crippen LogP contribution is 2.25. The van der Waals surface area contributed by atoms with Crippen molar-refractivity contribution in [2.75, 3.05) is 20.6 Å². The zero-order chi connectivity index (χ0) is 19.4. The highest BCUT2D eigenvalue weighted by molar-refractivity contribution is 6.31. The molecule has 3 rings (SSSR count). The molecule has 0 fully saturated rings. The summed E-state index contributed by atoms with van der Waals surface area (Å²) >= 11 is 6.29. The van der Waals surface area contributed by atoms with Crippen LogP contribution in [0.5, 0.6) is 0 Å². The zero-order valence-corrected chi connectivity index (χ0v) is 16.1. The highest BCUT2D eigenvalue weighted by atomic mass is 35.5. The number of halogens is 1. The molecule has 0 aliphatic carbocycles. The quantitative estimate of drug-likeness (QED) is 0.676. The van der Waals surface area contributed by atoms with Crippen molar-refractivity contribution in [2.24, 2.45) is 0 Å². The summed E-state index contributed by atoms with van der Waals surface area (Å²) in [4.78, 5) is 26.3. The fourth-order valence-electron chi connectivity index (χ4n) is 3.05. The number of aryl methyl sites for hydroxylation is 1. The fourth-order valence-corrected chi connectivity index (χ4v) is 3.32. The number of carbonyl (C=O) groups excluding carboxylic acids is 1. The predicted molar refractivity (Wildman–Crippen MR) is 106 cm³/mol. The van der Waals surface area contributed by atoms with Gasteiger partial charge < -0.3 is 14.6 Å². The number of para-hydroxylation sites is 2. The molecule has 0 saturated heterocycles. The number of amides is 1. The Morgan fingerprint density at radius 3 is 2.63 bits per heavy atom. The van der Waals surface area contributed by atoms with Gasteiger partial charge in [-0.3, -0.25) is 9.36 Å². The molecule has 27 heavy (non-hydrogen) atoms. The van der Waals surface area contributed by atoms with Crippen molar-refractivity contribution >= 4 is 28.6 Å². The Labute approximate surface area is 162 Å². The van der Waals surface area contributed by atoms with Gasteiger partial charge in [-0.15, -0.1) is 0 Å². The van der Waals surface area contributed by atoms with Gasteiger partial charge in [-0.05, 0) is 37.9 Å². The van der Waals surface area contributed by atoms with Gasteiger partial charge in [0.2, 0.25) is 5.91 Å². The largest absolute Gasteiger partial charge is 0.419 e. The fraction of sp³-hybridized carbons (Fsp3) is 0.300. The van der Waals surface area contributed by atoms with E-state index in [9.17, 15) is 9.59 Å². The van der Waals surface area contributed by atoms with Gasteiger partial charge in [0.15, 0.2) is 5.58 Å². The van der Waals surface area contributed by atoms with E-state index in [2.05, 4.69) is 5.32 Å². The van der Waals surface area contributed by atoms with Crippen molar-refractivity contribution in [3.05, 3.63) is 69.7 Å². The van der Waals surface area contributed by atoms with Crippen molar-refractivity contribution < 1.29 is 9.21 Å². The predicted octanol–water partition coefficient (Wildman–Crippen LogP) is 3.06. The van der Waals surface area contributed by atoms with Gasteiger partial charge in [-0.25, -0.2) is 4.79 Å². The van der Waals surface area contributed by atoms with Gasteiger partial charge in [0.05, 0.1) is 11.6 Å².